The third-order valence-electron chi connectivity index (χ3n) is 1.93. The van der Waals surface area contributed by atoms with Crippen molar-refractivity contribution in [3.8, 4) is 0 Å². The van der Waals surface area contributed by atoms with Crippen LogP contribution < -0.4 is 0 Å². The van der Waals surface area contributed by atoms with E-state index in [0.717, 1.165) is 0 Å². The molecule has 0 fully saturated rings. The first-order valence-corrected chi connectivity index (χ1v) is 5.41. The Morgan fingerprint density at radius 2 is 1.87 bits per heavy atom. The van der Waals surface area contributed by atoms with E-state index in [4.69, 9.17) is 9.57 Å². The van der Waals surface area contributed by atoms with Gasteiger partial charge in [0.1, 0.15) is 6.61 Å². The number of carbonyl (C=O) groups is 1. The molecule has 0 aromatic rings. The minimum atomic E-state index is 0.0327. The van der Waals surface area contributed by atoms with E-state index in [-0.39, 0.29) is 24.4 Å². The number of Topliss-reactive ketones (excluding diaryl/α,β-unsaturated/α-hetero) is 1. The molecule has 0 amide bonds. The van der Waals surface area contributed by atoms with Crippen LogP contribution in [0.15, 0.2) is 0 Å². The molecule has 0 aromatic heterocycles. The zero-order valence-corrected chi connectivity index (χ0v) is 10.4. The Kier molecular flexibility index (Phi) is 7.56. The summed E-state index contributed by atoms with van der Waals surface area (Å²) >= 11 is 0. The molecule has 0 aromatic carbocycles. The van der Waals surface area contributed by atoms with Gasteiger partial charge in [-0.15, -0.1) is 0 Å². The lowest BCUT2D eigenvalue weighted by atomic mass is 10.1. The molecule has 4 heteroatoms. The summed E-state index contributed by atoms with van der Waals surface area (Å²) in [5.74, 6) is 0.150. The van der Waals surface area contributed by atoms with Crippen LogP contribution in [0.4, 0.5) is 0 Å². The molecule has 0 aliphatic heterocycles. The van der Waals surface area contributed by atoms with Crippen molar-refractivity contribution in [1.29, 1.82) is 0 Å². The highest BCUT2D eigenvalue weighted by atomic mass is 16.7. The largest absolute Gasteiger partial charge is 0.377 e. The van der Waals surface area contributed by atoms with Crippen LogP contribution in [0.25, 0.3) is 0 Å². The summed E-state index contributed by atoms with van der Waals surface area (Å²) in [6.45, 7) is 9.15. The zero-order valence-electron chi connectivity index (χ0n) is 10.4. The van der Waals surface area contributed by atoms with Gasteiger partial charge in [0.2, 0.25) is 0 Å². The fourth-order valence-corrected chi connectivity index (χ4v) is 0.822. The molecule has 0 unspecified atom stereocenters. The number of ketones is 1. The minimum absolute atomic E-state index is 0.0327. The van der Waals surface area contributed by atoms with Crippen LogP contribution in [-0.4, -0.2) is 43.8 Å². The number of hydroxylamine groups is 2. The second-order valence-corrected chi connectivity index (χ2v) is 4.17. The lowest BCUT2D eigenvalue weighted by Crippen LogP contribution is -2.28. The van der Waals surface area contributed by atoms with Gasteiger partial charge in [-0.05, 0) is 13.8 Å². The van der Waals surface area contributed by atoms with Gasteiger partial charge in [-0.3, -0.25) is 9.63 Å². The van der Waals surface area contributed by atoms with E-state index in [2.05, 4.69) is 0 Å². The summed E-state index contributed by atoms with van der Waals surface area (Å²) in [4.78, 5) is 16.5. The van der Waals surface area contributed by atoms with Gasteiger partial charge in [0.05, 0.1) is 12.7 Å². The van der Waals surface area contributed by atoms with E-state index in [1.807, 2.05) is 27.7 Å². The normalized spacial score (nSPS) is 11.7. The second kappa shape index (κ2) is 7.79. The lowest BCUT2D eigenvalue weighted by Gasteiger charge is -2.17. The number of likely N-dealkylation sites (N-methyl/N-ethyl adjacent to an activating group) is 1. The van der Waals surface area contributed by atoms with Crippen molar-refractivity contribution in [2.24, 2.45) is 5.92 Å². The van der Waals surface area contributed by atoms with E-state index >= 15 is 0 Å². The highest BCUT2D eigenvalue weighted by Crippen LogP contribution is 1.96. The Morgan fingerprint density at radius 3 is 2.33 bits per heavy atom. The molecule has 0 spiro atoms. The van der Waals surface area contributed by atoms with Crippen LogP contribution in [0.5, 0.6) is 0 Å². The molecule has 0 heterocycles. The number of hydrogen-bond donors (Lipinski definition) is 0. The van der Waals surface area contributed by atoms with Crippen molar-refractivity contribution >= 4 is 5.78 Å². The highest BCUT2D eigenvalue weighted by Gasteiger charge is 2.09. The Morgan fingerprint density at radius 1 is 1.27 bits per heavy atom. The summed E-state index contributed by atoms with van der Waals surface area (Å²) in [7, 11) is 1.80. The van der Waals surface area contributed by atoms with Gasteiger partial charge >= 0.3 is 0 Å². The van der Waals surface area contributed by atoms with Gasteiger partial charge in [0.15, 0.2) is 5.78 Å². The Hall–Kier alpha value is -0.450. The molecule has 0 atom stereocenters. The molecule has 0 saturated heterocycles. The number of nitrogens with zero attached hydrogens (tertiary/aromatic N) is 1. The maximum atomic E-state index is 11.2. The quantitative estimate of drug-likeness (QED) is 0.578. The predicted molar refractivity (Wildman–Crippen MR) is 59.5 cm³/mol. The Labute approximate surface area is 92.5 Å². The van der Waals surface area contributed by atoms with Crippen molar-refractivity contribution < 1.29 is 14.4 Å². The van der Waals surface area contributed by atoms with Gasteiger partial charge in [-0.1, -0.05) is 13.8 Å². The smallest absolute Gasteiger partial charge is 0.163 e. The molecule has 0 aliphatic rings. The third kappa shape index (κ3) is 8.54. The van der Waals surface area contributed by atoms with Crippen molar-refractivity contribution in [2.75, 3.05) is 26.8 Å². The summed E-state index contributed by atoms with van der Waals surface area (Å²) < 4.78 is 5.36. The van der Waals surface area contributed by atoms with Crippen LogP contribution in [0.1, 0.15) is 27.7 Å². The van der Waals surface area contributed by atoms with Gasteiger partial charge < -0.3 is 4.74 Å². The van der Waals surface area contributed by atoms with E-state index in [0.29, 0.717) is 13.2 Å². The van der Waals surface area contributed by atoms with Crippen LogP contribution in [-0.2, 0) is 14.4 Å². The second-order valence-electron chi connectivity index (χ2n) is 4.17. The molecule has 15 heavy (non-hydrogen) atoms. The summed E-state index contributed by atoms with van der Waals surface area (Å²) in [6, 6.07) is 0. The van der Waals surface area contributed by atoms with E-state index in [1.54, 1.807) is 12.1 Å². The average molecular weight is 217 g/mol. The number of rotatable bonds is 8. The molecule has 0 rings (SSSR count). The van der Waals surface area contributed by atoms with E-state index in [1.165, 1.54) is 0 Å². The van der Waals surface area contributed by atoms with Crippen LogP contribution in [0.3, 0.4) is 0 Å². The average Bonchev–Trinajstić information content (AvgIpc) is 2.13. The fourth-order valence-electron chi connectivity index (χ4n) is 0.822. The van der Waals surface area contributed by atoms with Crippen LogP contribution in [0.2, 0.25) is 0 Å². The molecule has 4 nitrogen and oxygen atoms in total. The molecular weight excluding hydrogens is 194 g/mol. The molecule has 0 bridgehead atoms. The Bertz CT molecular complexity index is 181. The maximum absolute atomic E-state index is 11.2. The van der Waals surface area contributed by atoms with Gasteiger partial charge in [0, 0.05) is 19.5 Å². The fraction of sp³-hybridized carbons (Fsp3) is 0.909. The first-order chi connectivity index (χ1) is 6.93. The predicted octanol–water partition coefficient (Wildman–Crippen LogP) is 1.50. The topological polar surface area (TPSA) is 38.8 Å². The summed E-state index contributed by atoms with van der Waals surface area (Å²) in [5, 5.41) is 1.64. The van der Waals surface area contributed by atoms with Crippen molar-refractivity contribution in [3.63, 3.8) is 0 Å². The first-order valence-electron chi connectivity index (χ1n) is 5.41. The molecular formula is C11H23NO3. The highest BCUT2D eigenvalue weighted by molar-refractivity contribution is 5.81. The van der Waals surface area contributed by atoms with Crippen molar-refractivity contribution in [3.05, 3.63) is 0 Å². The van der Waals surface area contributed by atoms with Crippen LogP contribution in [0, 0.1) is 5.92 Å². The molecule has 0 aliphatic carbocycles. The van der Waals surface area contributed by atoms with Crippen molar-refractivity contribution in [2.45, 2.75) is 33.8 Å². The zero-order chi connectivity index (χ0) is 11.8. The minimum Gasteiger partial charge on any atom is -0.377 e. The molecule has 0 saturated carbocycles. The molecule has 0 N–H and O–H groups in total. The van der Waals surface area contributed by atoms with E-state index in [9.17, 15) is 4.79 Å². The summed E-state index contributed by atoms with van der Waals surface area (Å²) in [6.07, 6.45) is 0.232. The molecule has 0 radical (unpaired) electrons. The van der Waals surface area contributed by atoms with Gasteiger partial charge in [-0.25, -0.2) is 0 Å². The standard InChI is InChI=1S/C11H23NO3/c1-9(2)11(13)8-15-12(5)6-7-14-10(3)4/h9-10H,6-8H2,1-5H3. The van der Waals surface area contributed by atoms with Crippen molar-refractivity contribution in [1.82, 2.24) is 5.06 Å². The molecule has 90 valence electrons. The van der Waals surface area contributed by atoms with Crippen LogP contribution >= 0.6 is 0 Å². The van der Waals surface area contributed by atoms with Gasteiger partial charge in [0.25, 0.3) is 0 Å². The first kappa shape index (κ1) is 14.6. The lowest BCUT2D eigenvalue weighted by molar-refractivity contribution is -0.165. The monoisotopic (exact) mass is 217 g/mol. The Balaban J connectivity index is 3.49. The third-order valence-corrected chi connectivity index (χ3v) is 1.93. The van der Waals surface area contributed by atoms with E-state index < -0.39 is 0 Å². The summed E-state index contributed by atoms with van der Waals surface area (Å²) in [5.41, 5.74) is 0. The number of hydrogen-bond acceptors (Lipinski definition) is 4. The number of ether oxygens (including phenoxy) is 1. The van der Waals surface area contributed by atoms with Gasteiger partial charge in [-0.2, -0.15) is 5.06 Å². The SMILES string of the molecule is CC(C)OCCN(C)OCC(=O)C(C)C. The number of carbonyl (C=O) groups excluding carboxylic acids is 1. The maximum Gasteiger partial charge on any atom is 0.163 e.